The van der Waals surface area contributed by atoms with Crippen LogP contribution < -0.4 is 10.6 Å². The first-order chi connectivity index (χ1) is 9.29. The van der Waals surface area contributed by atoms with Gasteiger partial charge in [0, 0.05) is 26.7 Å². The molecule has 1 unspecified atom stereocenters. The number of thioether (sulfide) groups is 1. The molecule has 1 rings (SSSR count). The summed E-state index contributed by atoms with van der Waals surface area (Å²) in [6.07, 6.45) is 1.95. The summed E-state index contributed by atoms with van der Waals surface area (Å²) in [5.41, 5.74) is 1.04. The summed E-state index contributed by atoms with van der Waals surface area (Å²) < 4.78 is 4.93. The maximum atomic E-state index is 12.1. The Morgan fingerprint density at radius 3 is 2.63 bits per heavy atom. The van der Waals surface area contributed by atoms with Gasteiger partial charge in [0.15, 0.2) is 0 Å². The molecule has 1 aromatic carbocycles. The molecular weight excluding hydrogens is 260 g/mol. The van der Waals surface area contributed by atoms with E-state index in [1.54, 1.807) is 18.9 Å². The van der Waals surface area contributed by atoms with E-state index in [0.717, 1.165) is 18.7 Å². The first kappa shape index (κ1) is 16.0. The Morgan fingerprint density at radius 2 is 2.00 bits per heavy atom. The van der Waals surface area contributed by atoms with Crippen LogP contribution in [0.5, 0.6) is 0 Å². The van der Waals surface area contributed by atoms with Gasteiger partial charge in [-0.2, -0.15) is 0 Å². The summed E-state index contributed by atoms with van der Waals surface area (Å²) in [6.45, 7) is 2.87. The molecule has 106 valence electrons. The molecule has 0 aliphatic heterocycles. The summed E-state index contributed by atoms with van der Waals surface area (Å²) in [7, 11) is 1.67. The second-order valence-electron chi connectivity index (χ2n) is 4.06. The Morgan fingerprint density at radius 1 is 1.26 bits per heavy atom. The Labute approximate surface area is 119 Å². The fraction of sp³-hybridized carbons (Fsp3) is 0.500. The minimum atomic E-state index is -0.139. The third-order valence-electron chi connectivity index (χ3n) is 2.66. The Hall–Kier alpha value is -1.04. The lowest BCUT2D eigenvalue weighted by molar-refractivity contribution is -0.120. The van der Waals surface area contributed by atoms with E-state index < -0.39 is 0 Å². The first-order valence-electron chi connectivity index (χ1n) is 6.34. The smallest absolute Gasteiger partial charge is 0.237 e. The number of ether oxygens (including phenoxy) is 1. The van der Waals surface area contributed by atoms with Crippen LogP contribution in [-0.2, 0) is 9.53 Å². The molecule has 0 fully saturated rings. The average Bonchev–Trinajstić information content (AvgIpc) is 2.45. The Kier molecular flexibility index (Phi) is 8.29. The van der Waals surface area contributed by atoms with Crippen molar-refractivity contribution in [2.45, 2.75) is 5.25 Å². The van der Waals surface area contributed by atoms with Crippen molar-refractivity contribution in [1.29, 1.82) is 0 Å². The van der Waals surface area contributed by atoms with Crippen LogP contribution in [0.25, 0.3) is 0 Å². The van der Waals surface area contributed by atoms with Crippen LogP contribution in [-0.4, -0.2) is 45.5 Å². The van der Waals surface area contributed by atoms with Crippen LogP contribution >= 0.6 is 11.8 Å². The molecule has 0 spiro atoms. The molecular formula is C14H22N2O2S. The molecule has 0 saturated heterocycles. The standard InChI is InChI=1S/C14H22N2O2S/c1-18-11-10-15-8-9-16-14(17)13(19-2)12-6-4-3-5-7-12/h3-7,13,15H,8-11H2,1-2H3,(H,16,17). The van der Waals surface area contributed by atoms with Gasteiger partial charge in [-0.3, -0.25) is 4.79 Å². The zero-order valence-corrected chi connectivity index (χ0v) is 12.3. The SMILES string of the molecule is COCCNCCNC(=O)C(SC)c1ccccc1. The average molecular weight is 282 g/mol. The Bertz CT molecular complexity index is 360. The van der Waals surface area contributed by atoms with Gasteiger partial charge >= 0.3 is 0 Å². The monoisotopic (exact) mass is 282 g/mol. The van der Waals surface area contributed by atoms with Crippen molar-refractivity contribution in [3.63, 3.8) is 0 Å². The van der Waals surface area contributed by atoms with Crippen molar-refractivity contribution in [3.8, 4) is 0 Å². The van der Waals surface area contributed by atoms with Gasteiger partial charge in [0.25, 0.3) is 0 Å². The van der Waals surface area contributed by atoms with E-state index in [1.165, 1.54) is 0 Å². The third kappa shape index (κ3) is 6.09. The van der Waals surface area contributed by atoms with Crippen LogP contribution in [0.2, 0.25) is 0 Å². The fourth-order valence-electron chi connectivity index (χ4n) is 1.69. The van der Waals surface area contributed by atoms with Gasteiger partial charge in [0.05, 0.1) is 6.61 Å². The number of carbonyl (C=O) groups excluding carboxylic acids is 1. The largest absolute Gasteiger partial charge is 0.383 e. The lowest BCUT2D eigenvalue weighted by Crippen LogP contribution is -2.35. The molecule has 5 heteroatoms. The molecule has 0 heterocycles. The van der Waals surface area contributed by atoms with E-state index in [4.69, 9.17) is 4.74 Å². The summed E-state index contributed by atoms with van der Waals surface area (Å²) in [5, 5.41) is 6.00. The molecule has 1 aromatic rings. The van der Waals surface area contributed by atoms with Crippen LogP contribution in [0.4, 0.5) is 0 Å². The number of carbonyl (C=O) groups is 1. The van der Waals surface area contributed by atoms with Gasteiger partial charge in [-0.05, 0) is 11.8 Å². The molecule has 2 N–H and O–H groups in total. The fourth-order valence-corrected chi connectivity index (χ4v) is 2.42. The number of methoxy groups -OCH3 is 1. The van der Waals surface area contributed by atoms with Crippen LogP contribution in [0.15, 0.2) is 30.3 Å². The maximum absolute atomic E-state index is 12.1. The van der Waals surface area contributed by atoms with E-state index in [0.29, 0.717) is 13.2 Å². The molecule has 0 saturated carbocycles. The second-order valence-corrected chi connectivity index (χ2v) is 5.00. The molecule has 0 aliphatic carbocycles. The lowest BCUT2D eigenvalue weighted by Gasteiger charge is -2.15. The molecule has 0 radical (unpaired) electrons. The van der Waals surface area contributed by atoms with Crippen molar-refractivity contribution in [3.05, 3.63) is 35.9 Å². The predicted molar refractivity (Wildman–Crippen MR) is 80.5 cm³/mol. The molecule has 19 heavy (non-hydrogen) atoms. The van der Waals surface area contributed by atoms with Gasteiger partial charge in [-0.25, -0.2) is 0 Å². The minimum Gasteiger partial charge on any atom is -0.383 e. The van der Waals surface area contributed by atoms with Gasteiger partial charge < -0.3 is 15.4 Å². The number of rotatable bonds is 9. The number of hydrogen-bond donors (Lipinski definition) is 2. The molecule has 0 bridgehead atoms. The molecule has 0 aromatic heterocycles. The number of benzene rings is 1. The van der Waals surface area contributed by atoms with Crippen molar-refractivity contribution in [2.24, 2.45) is 0 Å². The molecule has 1 amide bonds. The third-order valence-corrected chi connectivity index (χ3v) is 3.62. The molecule has 1 atom stereocenters. The van der Waals surface area contributed by atoms with E-state index >= 15 is 0 Å². The first-order valence-corrected chi connectivity index (χ1v) is 7.63. The van der Waals surface area contributed by atoms with Crippen molar-refractivity contribution < 1.29 is 9.53 Å². The van der Waals surface area contributed by atoms with Gasteiger partial charge in [-0.1, -0.05) is 30.3 Å². The number of hydrogen-bond acceptors (Lipinski definition) is 4. The highest BCUT2D eigenvalue weighted by Gasteiger charge is 2.18. The topological polar surface area (TPSA) is 50.4 Å². The summed E-state index contributed by atoms with van der Waals surface area (Å²) in [6, 6.07) is 9.84. The zero-order chi connectivity index (χ0) is 13.9. The van der Waals surface area contributed by atoms with Gasteiger partial charge in [0.2, 0.25) is 5.91 Å². The lowest BCUT2D eigenvalue weighted by atomic mass is 10.1. The summed E-state index contributed by atoms with van der Waals surface area (Å²) in [5.74, 6) is 0.0623. The molecule has 0 aliphatic rings. The zero-order valence-electron chi connectivity index (χ0n) is 11.5. The summed E-state index contributed by atoms with van der Waals surface area (Å²) in [4.78, 5) is 12.1. The van der Waals surface area contributed by atoms with Crippen LogP contribution in [0.1, 0.15) is 10.8 Å². The molecule has 4 nitrogen and oxygen atoms in total. The highest BCUT2D eigenvalue weighted by atomic mass is 32.2. The van der Waals surface area contributed by atoms with Gasteiger partial charge in [-0.15, -0.1) is 11.8 Å². The number of nitrogens with one attached hydrogen (secondary N) is 2. The van der Waals surface area contributed by atoms with Crippen molar-refractivity contribution >= 4 is 17.7 Å². The van der Waals surface area contributed by atoms with Crippen molar-refractivity contribution in [2.75, 3.05) is 39.6 Å². The van der Waals surface area contributed by atoms with E-state index in [2.05, 4.69) is 10.6 Å². The van der Waals surface area contributed by atoms with Crippen molar-refractivity contribution in [1.82, 2.24) is 10.6 Å². The van der Waals surface area contributed by atoms with E-state index in [9.17, 15) is 4.79 Å². The summed E-state index contributed by atoms with van der Waals surface area (Å²) >= 11 is 1.55. The quantitative estimate of drug-likeness (QED) is 0.673. The normalized spacial score (nSPS) is 12.1. The van der Waals surface area contributed by atoms with Crippen LogP contribution in [0, 0.1) is 0 Å². The predicted octanol–water partition coefficient (Wildman–Crippen LogP) is 1.44. The highest BCUT2D eigenvalue weighted by molar-refractivity contribution is 7.99. The Balaban J connectivity index is 2.31. The number of amides is 1. The van der Waals surface area contributed by atoms with E-state index in [1.807, 2.05) is 36.6 Å². The van der Waals surface area contributed by atoms with Gasteiger partial charge in [0.1, 0.15) is 5.25 Å². The minimum absolute atomic E-state index is 0.0623. The van der Waals surface area contributed by atoms with E-state index in [-0.39, 0.29) is 11.2 Å². The maximum Gasteiger partial charge on any atom is 0.237 e. The highest BCUT2D eigenvalue weighted by Crippen LogP contribution is 2.26. The van der Waals surface area contributed by atoms with Crippen LogP contribution in [0.3, 0.4) is 0 Å². The second kappa shape index (κ2) is 9.83.